The minimum atomic E-state index is -0.586. The Morgan fingerprint density at radius 3 is 2.50 bits per heavy atom. The van der Waals surface area contributed by atoms with Crippen molar-refractivity contribution in [1.29, 1.82) is 0 Å². The number of anilines is 1. The van der Waals surface area contributed by atoms with Crippen molar-refractivity contribution in [1.82, 2.24) is 14.5 Å². The second-order valence-corrected chi connectivity index (χ2v) is 4.77. The van der Waals surface area contributed by atoms with Crippen LogP contribution in [0.4, 0.5) is 5.69 Å². The van der Waals surface area contributed by atoms with Crippen LogP contribution in [0.3, 0.4) is 0 Å². The number of carbonyl (C=O) groups excluding carboxylic acids is 2. The van der Waals surface area contributed by atoms with Gasteiger partial charge in [0.2, 0.25) is 5.91 Å². The summed E-state index contributed by atoms with van der Waals surface area (Å²) in [6.07, 6.45) is 0. The molecule has 0 radical (unpaired) electrons. The van der Waals surface area contributed by atoms with Gasteiger partial charge < -0.3 is 16.4 Å². The van der Waals surface area contributed by atoms with Gasteiger partial charge in [0.1, 0.15) is 6.54 Å². The molecule has 7 nitrogen and oxygen atoms in total. The van der Waals surface area contributed by atoms with Gasteiger partial charge in [0.25, 0.3) is 5.91 Å². The minimum Gasteiger partial charge on any atom is -0.399 e. The first-order chi connectivity index (χ1) is 9.56. The molecule has 1 aromatic carbocycles. The fourth-order valence-electron chi connectivity index (χ4n) is 1.65. The Hall–Kier alpha value is -2.48. The second-order valence-electron chi connectivity index (χ2n) is 4.16. The summed E-state index contributed by atoms with van der Waals surface area (Å²) in [6.45, 7) is 0.0698. The zero-order valence-electron chi connectivity index (χ0n) is 10.5. The van der Waals surface area contributed by atoms with Crippen LogP contribution in [0.1, 0.15) is 16.1 Å². The van der Waals surface area contributed by atoms with E-state index in [9.17, 15) is 9.59 Å². The third-order valence-corrected chi connectivity index (χ3v) is 3.07. The summed E-state index contributed by atoms with van der Waals surface area (Å²) >= 11 is 1.07. The number of hydrogen-bond donors (Lipinski definition) is 2. The van der Waals surface area contributed by atoms with Gasteiger partial charge in [-0.1, -0.05) is 16.6 Å². The van der Waals surface area contributed by atoms with Crippen molar-refractivity contribution in [2.24, 2.45) is 5.73 Å². The molecule has 2 rings (SSSR count). The molecule has 104 valence electrons. The van der Waals surface area contributed by atoms with Crippen molar-refractivity contribution in [2.75, 3.05) is 12.3 Å². The molecule has 0 atom stereocenters. The molecule has 20 heavy (non-hydrogen) atoms. The summed E-state index contributed by atoms with van der Waals surface area (Å²) < 4.78 is 3.63. The van der Waals surface area contributed by atoms with E-state index in [1.165, 1.54) is 10.3 Å². The lowest BCUT2D eigenvalue weighted by Gasteiger charge is -2.20. The highest BCUT2D eigenvalue weighted by Gasteiger charge is 2.20. The SMILES string of the molecule is NC(=O)CN(Cc1ccc(N)cc1)C(=O)c1csnn1. The summed E-state index contributed by atoms with van der Waals surface area (Å²) in [7, 11) is 0. The first kappa shape index (κ1) is 13.9. The van der Waals surface area contributed by atoms with Gasteiger partial charge in [-0.2, -0.15) is 0 Å². The molecule has 0 bridgehead atoms. The predicted octanol–water partition coefficient (Wildman–Crippen LogP) is 0.248. The van der Waals surface area contributed by atoms with Gasteiger partial charge in [-0.25, -0.2) is 0 Å². The van der Waals surface area contributed by atoms with Crippen LogP contribution in [-0.2, 0) is 11.3 Å². The third kappa shape index (κ3) is 3.51. The molecular weight excluding hydrogens is 278 g/mol. The second kappa shape index (κ2) is 6.11. The molecule has 2 aromatic rings. The topological polar surface area (TPSA) is 115 Å². The van der Waals surface area contributed by atoms with Crippen molar-refractivity contribution < 1.29 is 9.59 Å². The maximum atomic E-state index is 12.2. The zero-order chi connectivity index (χ0) is 14.5. The van der Waals surface area contributed by atoms with Crippen LogP contribution < -0.4 is 11.5 Å². The normalized spacial score (nSPS) is 10.2. The van der Waals surface area contributed by atoms with Crippen molar-refractivity contribution in [3.8, 4) is 0 Å². The lowest BCUT2D eigenvalue weighted by molar-refractivity contribution is -0.118. The monoisotopic (exact) mass is 291 g/mol. The molecule has 0 saturated heterocycles. The smallest absolute Gasteiger partial charge is 0.276 e. The van der Waals surface area contributed by atoms with Crippen LogP contribution in [0.5, 0.6) is 0 Å². The first-order valence-corrected chi connectivity index (χ1v) is 6.59. The number of aromatic nitrogens is 2. The fraction of sp³-hybridized carbons (Fsp3) is 0.167. The average molecular weight is 291 g/mol. The van der Waals surface area contributed by atoms with E-state index in [0.29, 0.717) is 5.69 Å². The molecule has 0 spiro atoms. The number of nitrogen functional groups attached to an aromatic ring is 1. The van der Waals surface area contributed by atoms with Crippen LogP contribution in [0.15, 0.2) is 29.6 Å². The lowest BCUT2D eigenvalue weighted by atomic mass is 10.2. The van der Waals surface area contributed by atoms with Crippen molar-refractivity contribution >= 4 is 29.0 Å². The van der Waals surface area contributed by atoms with Crippen molar-refractivity contribution in [3.63, 3.8) is 0 Å². The quantitative estimate of drug-likeness (QED) is 0.766. The number of nitrogens with zero attached hydrogens (tertiary/aromatic N) is 3. The maximum Gasteiger partial charge on any atom is 0.276 e. The van der Waals surface area contributed by atoms with Gasteiger partial charge in [0.15, 0.2) is 5.69 Å². The Morgan fingerprint density at radius 1 is 1.25 bits per heavy atom. The molecule has 0 unspecified atom stereocenters. The summed E-state index contributed by atoms with van der Waals surface area (Å²) in [5, 5.41) is 5.23. The van der Waals surface area contributed by atoms with Gasteiger partial charge in [-0.05, 0) is 29.2 Å². The summed E-state index contributed by atoms with van der Waals surface area (Å²) in [5.74, 6) is -0.966. The molecule has 2 amide bonds. The number of carbonyl (C=O) groups is 2. The van der Waals surface area contributed by atoms with Gasteiger partial charge in [0, 0.05) is 17.6 Å². The van der Waals surface area contributed by atoms with Crippen molar-refractivity contribution in [3.05, 3.63) is 40.9 Å². The Labute approximate surface area is 119 Å². The van der Waals surface area contributed by atoms with E-state index < -0.39 is 5.91 Å². The average Bonchev–Trinajstić information content (AvgIpc) is 2.93. The lowest BCUT2D eigenvalue weighted by Crippen LogP contribution is -2.38. The molecule has 0 aliphatic heterocycles. The molecule has 0 aliphatic rings. The van der Waals surface area contributed by atoms with E-state index in [4.69, 9.17) is 11.5 Å². The highest BCUT2D eigenvalue weighted by atomic mass is 32.1. The third-order valence-electron chi connectivity index (χ3n) is 2.57. The highest BCUT2D eigenvalue weighted by molar-refractivity contribution is 7.03. The first-order valence-electron chi connectivity index (χ1n) is 5.75. The van der Waals surface area contributed by atoms with Gasteiger partial charge >= 0.3 is 0 Å². The Kier molecular flexibility index (Phi) is 4.26. The molecule has 0 aliphatic carbocycles. The van der Waals surface area contributed by atoms with E-state index in [-0.39, 0.29) is 24.7 Å². The molecule has 1 aromatic heterocycles. The van der Waals surface area contributed by atoms with Crippen molar-refractivity contribution in [2.45, 2.75) is 6.54 Å². The van der Waals surface area contributed by atoms with Gasteiger partial charge in [-0.15, -0.1) is 5.10 Å². The van der Waals surface area contributed by atoms with E-state index in [2.05, 4.69) is 9.59 Å². The predicted molar refractivity (Wildman–Crippen MR) is 74.7 cm³/mol. The number of hydrogen-bond acceptors (Lipinski definition) is 6. The Balaban J connectivity index is 2.17. The molecule has 0 fully saturated rings. The molecule has 1 heterocycles. The molecule has 0 saturated carbocycles. The number of benzene rings is 1. The van der Waals surface area contributed by atoms with E-state index in [1.807, 2.05) is 0 Å². The molecule has 8 heteroatoms. The summed E-state index contributed by atoms with van der Waals surface area (Å²) in [4.78, 5) is 24.6. The summed E-state index contributed by atoms with van der Waals surface area (Å²) in [5.41, 5.74) is 12.5. The van der Waals surface area contributed by atoms with Crippen LogP contribution in [0, 0.1) is 0 Å². The van der Waals surface area contributed by atoms with Crippen LogP contribution in [0.25, 0.3) is 0 Å². The standard InChI is InChI=1S/C12H13N5O2S/c13-9-3-1-8(2-4-9)5-17(6-11(14)18)12(19)10-7-20-16-15-10/h1-4,7H,5-6,13H2,(H2,14,18). The molecular formula is C12H13N5O2S. The van der Waals surface area contributed by atoms with E-state index in [0.717, 1.165) is 17.1 Å². The van der Waals surface area contributed by atoms with Gasteiger partial charge in [0.05, 0.1) is 0 Å². The number of amides is 2. The number of primary amides is 1. The van der Waals surface area contributed by atoms with E-state index in [1.54, 1.807) is 24.3 Å². The molecule has 4 N–H and O–H groups in total. The maximum absolute atomic E-state index is 12.2. The Morgan fingerprint density at radius 2 is 1.95 bits per heavy atom. The highest BCUT2D eigenvalue weighted by Crippen LogP contribution is 2.11. The van der Waals surface area contributed by atoms with Gasteiger partial charge in [-0.3, -0.25) is 9.59 Å². The fourth-order valence-corrected chi connectivity index (χ4v) is 2.08. The Bertz CT molecular complexity index is 597. The largest absolute Gasteiger partial charge is 0.399 e. The van der Waals surface area contributed by atoms with Crippen LogP contribution in [-0.4, -0.2) is 32.8 Å². The van der Waals surface area contributed by atoms with E-state index >= 15 is 0 Å². The zero-order valence-corrected chi connectivity index (χ0v) is 11.3. The van der Waals surface area contributed by atoms with Crippen LogP contribution >= 0.6 is 11.5 Å². The number of rotatable bonds is 5. The number of nitrogens with two attached hydrogens (primary N) is 2. The minimum absolute atomic E-state index is 0.180. The summed E-state index contributed by atoms with van der Waals surface area (Å²) in [6, 6.07) is 7.03. The van der Waals surface area contributed by atoms with Crippen LogP contribution in [0.2, 0.25) is 0 Å².